The van der Waals surface area contributed by atoms with Crippen molar-refractivity contribution in [1.82, 2.24) is 5.32 Å². The van der Waals surface area contributed by atoms with E-state index in [0.29, 0.717) is 12.0 Å². The summed E-state index contributed by atoms with van der Waals surface area (Å²) >= 11 is 0. The van der Waals surface area contributed by atoms with Crippen molar-refractivity contribution in [2.24, 2.45) is 5.92 Å². The predicted octanol–water partition coefficient (Wildman–Crippen LogP) is 3.39. The van der Waals surface area contributed by atoms with E-state index in [1.54, 1.807) is 6.07 Å². The normalized spacial score (nSPS) is 14.8. The highest BCUT2D eigenvalue weighted by Gasteiger charge is 2.13. The number of rotatable bonds is 6. The molecule has 0 fully saturated rings. The Morgan fingerprint density at radius 1 is 1.25 bits per heavy atom. The Labute approximate surface area is 98.1 Å². The van der Waals surface area contributed by atoms with E-state index in [2.05, 4.69) is 26.1 Å². The van der Waals surface area contributed by atoms with E-state index in [9.17, 15) is 4.39 Å². The van der Waals surface area contributed by atoms with Gasteiger partial charge in [0.05, 0.1) is 0 Å². The summed E-state index contributed by atoms with van der Waals surface area (Å²) < 4.78 is 13.4. The minimum atomic E-state index is -0.0861. The Morgan fingerprint density at radius 2 is 1.94 bits per heavy atom. The summed E-state index contributed by atoms with van der Waals surface area (Å²) in [6, 6.07) is 7.47. The van der Waals surface area contributed by atoms with Crippen LogP contribution in [0.2, 0.25) is 0 Å². The van der Waals surface area contributed by atoms with Gasteiger partial charge in [0.15, 0.2) is 0 Å². The van der Waals surface area contributed by atoms with Crippen LogP contribution in [0.3, 0.4) is 0 Å². The molecule has 0 aliphatic heterocycles. The molecule has 2 heteroatoms. The summed E-state index contributed by atoms with van der Waals surface area (Å²) in [7, 11) is 0. The third-order valence-corrected chi connectivity index (χ3v) is 3.07. The van der Waals surface area contributed by atoms with E-state index in [4.69, 9.17) is 0 Å². The quantitative estimate of drug-likeness (QED) is 0.779. The first kappa shape index (κ1) is 13.2. The summed E-state index contributed by atoms with van der Waals surface area (Å²) in [6.45, 7) is 7.52. The molecule has 0 aliphatic rings. The van der Waals surface area contributed by atoms with Gasteiger partial charge in [0.25, 0.3) is 0 Å². The Hall–Kier alpha value is -0.890. The topological polar surface area (TPSA) is 12.0 Å². The van der Waals surface area contributed by atoms with Crippen LogP contribution in [0.5, 0.6) is 0 Å². The largest absolute Gasteiger partial charge is 0.314 e. The van der Waals surface area contributed by atoms with Gasteiger partial charge in [-0.2, -0.15) is 0 Å². The van der Waals surface area contributed by atoms with Gasteiger partial charge in [0, 0.05) is 6.04 Å². The van der Waals surface area contributed by atoms with Gasteiger partial charge in [-0.25, -0.2) is 4.39 Å². The molecule has 0 radical (unpaired) electrons. The van der Waals surface area contributed by atoms with Gasteiger partial charge in [0.1, 0.15) is 5.82 Å². The molecule has 0 heterocycles. The van der Waals surface area contributed by atoms with Crippen molar-refractivity contribution in [2.45, 2.75) is 39.7 Å². The molecule has 0 saturated heterocycles. The molecule has 0 aliphatic carbocycles. The summed E-state index contributed by atoms with van der Waals surface area (Å²) in [5.41, 5.74) is 0.820. The van der Waals surface area contributed by atoms with Crippen molar-refractivity contribution in [3.8, 4) is 0 Å². The Bertz CT molecular complexity index is 311. The lowest BCUT2D eigenvalue weighted by Gasteiger charge is -2.21. The van der Waals surface area contributed by atoms with Gasteiger partial charge in [-0.3, -0.25) is 0 Å². The van der Waals surface area contributed by atoms with Crippen LogP contribution >= 0.6 is 0 Å². The zero-order valence-electron chi connectivity index (χ0n) is 10.5. The number of benzene rings is 1. The molecule has 90 valence electrons. The second-order valence-electron chi connectivity index (χ2n) is 4.52. The molecule has 1 aromatic carbocycles. The molecule has 0 spiro atoms. The lowest BCUT2D eigenvalue weighted by molar-refractivity contribution is 0.394. The van der Waals surface area contributed by atoms with Crippen molar-refractivity contribution >= 4 is 0 Å². The van der Waals surface area contributed by atoms with Crippen molar-refractivity contribution < 1.29 is 4.39 Å². The second-order valence-corrected chi connectivity index (χ2v) is 4.52. The molecule has 0 saturated carbocycles. The Morgan fingerprint density at radius 3 is 2.56 bits per heavy atom. The van der Waals surface area contributed by atoms with E-state index >= 15 is 0 Å². The van der Waals surface area contributed by atoms with Crippen molar-refractivity contribution in [1.29, 1.82) is 0 Å². The van der Waals surface area contributed by atoms with Crippen molar-refractivity contribution in [3.05, 3.63) is 35.6 Å². The molecule has 1 aromatic rings. The van der Waals surface area contributed by atoms with Gasteiger partial charge < -0.3 is 5.32 Å². The van der Waals surface area contributed by atoms with Gasteiger partial charge >= 0.3 is 0 Å². The fraction of sp³-hybridized carbons (Fsp3) is 0.571. The monoisotopic (exact) mass is 223 g/mol. The molecule has 1 N–H and O–H groups in total. The third-order valence-electron chi connectivity index (χ3n) is 3.07. The van der Waals surface area contributed by atoms with Crippen LogP contribution in [-0.2, 0) is 6.42 Å². The zero-order chi connectivity index (χ0) is 12.0. The molecule has 1 rings (SSSR count). The van der Waals surface area contributed by atoms with Crippen LogP contribution in [0, 0.1) is 11.7 Å². The highest BCUT2D eigenvalue weighted by molar-refractivity contribution is 5.17. The van der Waals surface area contributed by atoms with Crippen LogP contribution in [0.15, 0.2) is 24.3 Å². The van der Waals surface area contributed by atoms with Crippen LogP contribution in [-0.4, -0.2) is 12.6 Å². The van der Waals surface area contributed by atoms with Crippen LogP contribution in [0.1, 0.15) is 32.8 Å². The minimum absolute atomic E-state index is 0.0861. The van der Waals surface area contributed by atoms with Crippen LogP contribution in [0.25, 0.3) is 0 Å². The first-order valence-electron chi connectivity index (χ1n) is 6.12. The first-order valence-corrected chi connectivity index (χ1v) is 6.12. The predicted molar refractivity (Wildman–Crippen MR) is 67.0 cm³/mol. The molecule has 16 heavy (non-hydrogen) atoms. The van der Waals surface area contributed by atoms with E-state index < -0.39 is 0 Å². The fourth-order valence-electron chi connectivity index (χ4n) is 1.76. The molecule has 0 aromatic heterocycles. The van der Waals surface area contributed by atoms with Gasteiger partial charge in [-0.05, 0) is 43.9 Å². The number of hydrogen-bond acceptors (Lipinski definition) is 1. The standard InChI is InChI=1S/C14H22FN/c1-4-9-16-12(3)11(2)10-13-7-5-6-8-14(13)15/h5-8,11-12,16H,4,9-10H2,1-3H3. The Kier molecular flexibility index (Phi) is 5.47. The molecule has 0 bridgehead atoms. The molecule has 0 amide bonds. The molecule has 2 unspecified atom stereocenters. The highest BCUT2D eigenvalue weighted by Crippen LogP contribution is 2.15. The average molecular weight is 223 g/mol. The summed E-state index contributed by atoms with van der Waals surface area (Å²) in [5, 5.41) is 3.45. The lowest BCUT2D eigenvalue weighted by Crippen LogP contribution is -2.33. The zero-order valence-corrected chi connectivity index (χ0v) is 10.5. The highest BCUT2D eigenvalue weighted by atomic mass is 19.1. The van der Waals surface area contributed by atoms with Gasteiger partial charge in [-0.1, -0.05) is 32.0 Å². The summed E-state index contributed by atoms with van der Waals surface area (Å²) in [6.07, 6.45) is 1.93. The molecular weight excluding hydrogens is 201 g/mol. The van der Waals surface area contributed by atoms with Crippen LogP contribution in [0.4, 0.5) is 4.39 Å². The maximum Gasteiger partial charge on any atom is 0.126 e. The van der Waals surface area contributed by atoms with Crippen molar-refractivity contribution in [3.63, 3.8) is 0 Å². The summed E-state index contributed by atoms with van der Waals surface area (Å²) in [5.74, 6) is 0.362. The SMILES string of the molecule is CCCNC(C)C(C)Cc1ccccc1F. The van der Waals surface area contributed by atoms with Gasteiger partial charge in [0.2, 0.25) is 0 Å². The lowest BCUT2D eigenvalue weighted by atomic mass is 9.94. The molecule has 1 nitrogen and oxygen atoms in total. The van der Waals surface area contributed by atoms with E-state index in [0.717, 1.165) is 24.9 Å². The second kappa shape index (κ2) is 6.64. The Balaban J connectivity index is 2.50. The number of nitrogens with one attached hydrogen (secondary N) is 1. The number of hydrogen-bond donors (Lipinski definition) is 1. The van der Waals surface area contributed by atoms with E-state index in [1.165, 1.54) is 6.07 Å². The minimum Gasteiger partial charge on any atom is -0.314 e. The smallest absolute Gasteiger partial charge is 0.126 e. The van der Waals surface area contributed by atoms with E-state index in [-0.39, 0.29) is 5.82 Å². The van der Waals surface area contributed by atoms with Crippen LogP contribution < -0.4 is 5.32 Å². The molecule has 2 atom stereocenters. The maximum atomic E-state index is 13.4. The third kappa shape index (κ3) is 3.93. The fourth-order valence-corrected chi connectivity index (χ4v) is 1.76. The first-order chi connectivity index (χ1) is 7.65. The van der Waals surface area contributed by atoms with Crippen molar-refractivity contribution in [2.75, 3.05) is 6.54 Å². The molecular formula is C14H22FN. The maximum absolute atomic E-state index is 13.4. The van der Waals surface area contributed by atoms with Gasteiger partial charge in [-0.15, -0.1) is 0 Å². The average Bonchev–Trinajstić information content (AvgIpc) is 2.28. The van der Waals surface area contributed by atoms with E-state index in [1.807, 2.05) is 12.1 Å². The number of halogens is 1. The summed E-state index contributed by atoms with van der Waals surface area (Å²) in [4.78, 5) is 0.